The number of carbonyl (C=O) groups is 4. The molecule has 1 aliphatic heterocycles. The second-order valence-corrected chi connectivity index (χ2v) is 9.27. The van der Waals surface area contributed by atoms with Crippen molar-refractivity contribution in [2.75, 3.05) is 26.3 Å². The monoisotopic (exact) mass is 562 g/mol. The first-order valence-electron chi connectivity index (χ1n) is 13.2. The van der Waals surface area contributed by atoms with Crippen LogP contribution in [0.25, 0.3) is 0 Å². The number of amides is 4. The molecule has 1 heterocycles. The van der Waals surface area contributed by atoms with E-state index < -0.39 is 48.0 Å². The molecule has 0 unspecified atom stereocenters. The number of halogens is 1. The summed E-state index contributed by atoms with van der Waals surface area (Å²) in [6.07, 6.45) is -0.190. The molecule has 3 aromatic carbocycles. The highest BCUT2D eigenvalue weighted by molar-refractivity contribution is 6.01. The Morgan fingerprint density at radius 1 is 0.951 bits per heavy atom. The van der Waals surface area contributed by atoms with E-state index in [1.54, 1.807) is 18.2 Å². The van der Waals surface area contributed by atoms with Crippen LogP contribution in [0, 0.1) is 5.82 Å². The normalized spacial score (nSPS) is 17.9. The fraction of sp³-hybridized carbons (Fsp3) is 0.267. The van der Waals surface area contributed by atoms with Crippen molar-refractivity contribution in [3.63, 3.8) is 0 Å². The Kier molecular flexibility index (Phi) is 10.2. The van der Waals surface area contributed by atoms with Gasteiger partial charge in [-0.3, -0.25) is 19.2 Å². The van der Waals surface area contributed by atoms with Crippen LogP contribution in [0.5, 0.6) is 11.5 Å². The highest BCUT2D eigenvalue weighted by Crippen LogP contribution is 2.18. The molecule has 4 N–H and O–H groups in total. The van der Waals surface area contributed by atoms with Gasteiger partial charge in [-0.2, -0.15) is 0 Å². The summed E-state index contributed by atoms with van der Waals surface area (Å²) in [7, 11) is 0. The van der Waals surface area contributed by atoms with Crippen molar-refractivity contribution in [2.24, 2.45) is 0 Å². The molecule has 10 nitrogen and oxygen atoms in total. The quantitative estimate of drug-likeness (QED) is 0.324. The Labute approximate surface area is 236 Å². The molecule has 41 heavy (non-hydrogen) atoms. The maximum Gasteiger partial charge on any atom is 0.255 e. The Morgan fingerprint density at radius 2 is 1.68 bits per heavy atom. The van der Waals surface area contributed by atoms with E-state index in [0.29, 0.717) is 5.75 Å². The Balaban J connectivity index is 1.48. The van der Waals surface area contributed by atoms with Crippen LogP contribution in [0.1, 0.15) is 22.3 Å². The molecule has 0 bridgehead atoms. The lowest BCUT2D eigenvalue weighted by Gasteiger charge is -2.23. The van der Waals surface area contributed by atoms with Gasteiger partial charge in [0.1, 0.15) is 42.6 Å². The molecule has 0 radical (unpaired) electrons. The highest BCUT2D eigenvalue weighted by Gasteiger charge is 2.28. The smallest absolute Gasteiger partial charge is 0.255 e. The molecule has 0 aromatic heterocycles. The van der Waals surface area contributed by atoms with Crippen molar-refractivity contribution < 1.29 is 33.0 Å². The second-order valence-electron chi connectivity index (χ2n) is 9.27. The Bertz CT molecular complexity index is 1350. The van der Waals surface area contributed by atoms with Crippen LogP contribution in [0.4, 0.5) is 4.39 Å². The summed E-state index contributed by atoms with van der Waals surface area (Å²) in [6.45, 7) is 0.365. The summed E-state index contributed by atoms with van der Waals surface area (Å²) in [6, 6.07) is 18.9. The van der Waals surface area contributed by atoms with Gasteiger partial charge < -0.3 is 30.7 Å². The van der Waals surface area contributed by atoms with Gasteiger partial charge in [0.2, 0.25) is 17.7 Å². The third-order valence-electron chi connectivity index (χ3n) is 6.22. The van der Waals surface area contributed by atoms with Gasteiger partial charge in [-0.15, -0.1) is 0 Å². The van der Waals surface area contributed by atoms with Crippen molar-refractivity contribution in [2.45, 2.75) is 24.9 Å². The molecular weight excluding hydrogens is 531 g/mol. The number of benzene rings is 3. The molecule has 0 saturated heterocycles. The van der Waals surface area contributed by atoms with Crippen LogP contribution in [-0.4, -0.2) is 62.0 Å². The molecule has 2 atom stereocenters. The van der Waals surface area contributed by atoms with E-state index in [2.05, 4.69) is 21.3 Å². The zero-order chi connectivity index (χ0) is 29.0. The summed E-state index contributed by atoms with van der Waals surface area (Å²) < 4.78 is 24.3. The van der Waals surface area contributed by atoms with Crippen molar-refractivity contribution in [3.8, 4) is 11.5 Å². The van der Waals surface area contributed by atoms with Crippen LogP contribution in [0.3, 0.4) is 0 Å². The molecular formula is C30H31FN4O6. The zero-order valence-electron chi connectivity index (χ0n) is 22.2. The second kappa shape index (κ2) is 14.5. The molecule has 0 aliphatic carbocycles. The van der Waals surface area contributed by atoms with Crippen LogP contribution in [0.15, 0.2) is 78.9 Å². The predicted octanol–water partition coefficient (Wildman–Crippen LogP) is 1.75. The van der Waals surface area contributed by atoms with Gasteiger partial charge in [-0.05, 0) is 42.0 Å². The van der Waals surface area contributed by atoms with Gasteiger partial charge in [-0.1, -0.05) is 42.5 Å². The third-order valence-corrected chi connectivity index (χ3v) is 6.22. The first-order valence-corrected chi connectivity index (χ1v) is 13.2. The lowest BCUT2D eigenvalue weighted by molar-refractivity contribution is -0.131. The summed E-state index contributed by atoms with van der Waals surface area (Å²) in [4.78, 5) is 52.4. The number of para-hydroxylation sites is 1. The molecule has 11 heteroatoms. The van der Waals surface area contributed by atoms with Crippen LogP contribution in [0.2, 0.25) is 0 Å². The van der Waals surface area contributed by atoms with E-state index in [0.717, 1.165) is 5.56 Å². The highest BCUT2D eigenvalue weighted by atomic mass is 19.1. The summed E-state index contributed by atoms with van der Waals surface area (Å²) in [5.41, 5.74) is 1.01. The SMILES string of the molecule is O=C1C[C@@H](C(=O)NCCOc2ccc(F)cc2)NC(=O)c2ccccc2OCCNC(=O)[C@H](Cc2ccccc2)N1. The van der Waals surface area contributed by atoms with Gasteiger partial charge in [-0.25, -0.2) is 4.39 Å². The van der Waals surface area contributed by atoms with E-state index in [9.17, 15) is 23.6 Å². The van der Waals surface area contributed by atoms with E-state index >= 15 is 0 Å². The molecule has 0 saturated carbocycles. The minimum atomic E-state index is -1.26. The van der Waals surface area contributed by atoms with Gasteiger partial charge >= 0.3 is 0 Å². The number of carbonyl (C=O) groups excluding carboxylic acids is 4. The summed E-state index contributed by atoms with van der Waals surface area (Å²) in [5, 5.41) is 10.7. The fourth-order valence-electron chi connectivity index (χ4n) is 4.18. The summed E-state index contributed by atoms with van der Waals surface area (Å²) >= 11 is 0. The molecule has 4 rings (SSSR count). The molecule has 1 aliphatic rings. The van der Waals surface area contributed by atoms with Crippen LogP contribution >= 0.6 is 0 Å². The van der Waals surface area contributed by atoms with Gasteiger partial charge in [0.15, 0.2) is 0 Å². The van der Waals surface area contributed by atoms with Crippen LogP contribution < -0.4 is 30.7 Å². The maximum absolute atomic E-state index is 13.2. The molecule has 3 aromatic rings. The van der Waals surface area contributed by atoms with Crippen molar-refractivity contribution >= 4 is 23.6 Å². The van der Waals surface area contributed by atoms with E-state index in [-0.39, 0.29) is 44.0 Å². The van der Waals surface area contributed by atoms with Gasteiger partial charge in [0, 0.05) is 6.42 Å². The molecule has 0 spiro atoms. The van der Waals surface area contributed by atoms with Gasteiger partial charge in [0.05, 0.1) is 25.1 Å². The Hall–Kier alpha value is -4.93. The Morgan fingerprint density at radius 3 is 2.46 bits per heavy atom. The first-order chi connectivity index (χ1) is 19.9. The standard InChI is InChI=1S/C30H31FN4O6/c31-21-10-12-22(13-11-21)40-16-14-32-30(39)25-19-27(36)34-24(18-20-6-2-1-3-7-20)29(38)33-15-17-41-26-9-5-4-8-23(26)28(37)35-25/h1-13,24-25H,14-19H2,(H,32,39)(H,33,38)(H,34,36)(H,35,37)/t24-,25-/m0/s1. The largest absolute Gasteiger partial charge is 0.492 e. The molecule has 4 amide bonds. The predicted molar refractivity (Wildman–Crippen MR) is 148 cm³/mol. The fourth-order valence-corrected chi connectivity index (χ4v) is 4.18. The minimum absolute atomic E-state index is 0.0585. The number of hydrogen-bond acceptors (Lipinski definition) is 6. The van der Waals surface area contributed by atoms with Crippen molar-refractivity contribution in [1.29, 1.82) is 0 Å². The number of nitrogens with one attached hydrogen (secondary N) is 4. The average Bonchev–Trinajstić information content (AvgIpc) is 2.97. The number of hydrogen-bond donors (Lipinski definition) is 4. The lowest BCUT2D eigenvalue weighted by atomic mass is 10.0. The van der Waals surface area contributed by atoms with Crippen molar-refractivity contribution in [3.05, 3.63) is 95.8 Å². The molecule has 0 fully saturated rings. The minimum Gasteiger partial charge on any atom is -0.492 e. The van der Waals surface area contributed by atoms with Crippen molar-refractivity contribution in [1.82, 2.24) is 21.3 Å². The lowest BCUT2D eigenvalue weighted by Crippen LogP contribution is -2.53. The number of rotatable bonds is 7. The summed E-state index contributed by atoms with van der Waals surface area (Å²) in [5.74, 6) is -1.92. The number of fused-ring (bicyclic) bond motifs is 1. The maximum atomic E-state index is 13.2. The van der Waals surface area contributed by atoms with Gasteiger partial charge in [0.25, 0.3) is 5.91 Å². The van der Waals surface area contributed by atoms with Crippen LogP contribution in [-0.2, 0) is 20.8 Å². The average molecular weight is 563 g/mol. The topological polar surface area (TPSA) is 135 Å². The zero-order valence-corrected chi connectivity index (χ0v) is 22.2. The third kappa shape index (κ3) is 8.79. The van der Waals surface area contributed by atoms with E-state index in [1.165, 1.54) is 30.3 Å². The first kappa shape index (κ1) is 29.1. The van der Waals surface area contributed by atoms with E-state index in [4.69, 9.17) is 9.47 Å². The number of ether oxygens (including phenoxy) is 2. The van der Waals surface area contributed by atoms with E-state index in [1.807, 2.05) is 30.3 Å². The molecule has 214 valence electrons.